The molecule has 3 heterocycles. The maximum Gasteiger partial charge on any atom is 0.271 e. The summed E-state index contributed by atoms with van der Waals surface area (Å²) in [5.41, 5.74) is 2.37. The molecule has 0 atom stereocenters. The molecular formula is C25H20N4O3S. The molecule has 0 aliphatic rings. The molecule has 0 bridgehead atoms. The number of nitro groups is 1. The van der Waals surface area contributed by atoms with Gasteiger partial charge in [0.2, 0.25) is 0 Å². The molecule has 0 radical (unpaired) electrons. The first-order valence-electron chi connectivity index (χ1n) is 10.7. The monoisotopic (exact) mass is 456 g/mol. The van der Waals surface area contributed by atoms with E-state index in [1.165, 1.54) is 21.4 Å². The first-order chi connectivity index (χ1) is 16.1. The van der Waals surface area contributed by atoms with Gasteiger partial charge >= 0.3 is 0 Å². The van der Waals surface area contributed by atoms with Crippen LogP contribution in [0.1, 0.15) is 23.4 Å². The molecule has 0 unspecified atom stereocenters. The Bertz CT molecular complexity index is 1510. The molecule has 8 heteroatoms. The number of hydrogen-bond acceptors (Lipinski definition) is 6. The van der Waals surface area contributed by atoms with E-state index in [1.54, 1.807) is 29.7 Å². The number of nitrogens with zero attached hydrogens (tertiary/aromatic N) is 4. The van der Waals surface area contributed by atoms with Gasteiger partial charge in [-0.25, -0.2) is 9.97 Å². The number of non-ortho nitro benzene ring substituents is 1. The Kier molecular flexibility index (Phi) is 5.66. The summed E-state index contributed by atoms with van der Waals surface area (Å²) in [5, 5.41) is 13.2. The molecule has 2 aromatic carbocycles. The number of nitro benzene ring substituents is 1. The van der Waals surface area contributed by atoms with E-state index >= 15 is 0 Å². The normalized spacial score (nSPS) is 11.3. The molecule has 0 aliphatic heterocycles. The van der Waals surface area contributed by atoms with Gasteiger partial charge in [-0.05, 0) is 62.1 Å². The molecule has 0 saturated carbocycles. The van der Waals surface area contributed by atoms with Crippen LogP contribution in [-0.4, -0.2) is 19.5 Å². The highest BCUT2D eigenvalue weighted by molar-refractivity contribution is 7.18. The van der Waals surface area contributed by atoms with Crippen molar-refractivity contribution in [2.24, 2.45) is 0 Å². The van der Waals surface area contributed by atoms with Gasteiger partial charge in [-0.15, -0.1) is 11.3 Å². The lowest BCUT2D eigenvalue weighted by molar-refractivity contribution is -0.384. The Balaban J connectivity index is 1.41. The van der Waals surface area contributed by atoms with E-state index in [2.05, 4.69) is 16.0 Å². The van der Waals surface area contributed by atoms with Gasteiger partial charge in [0, 0.05) is 29.3 Å². The number of pyridine rings is 2. The van der Waals surface area contributed by atoms with Gasteiger partial charge in [0.25, 0.3) is 11.2 Å². The molecule has 0 aliphatic carbocycles. The maximum absolute atomic E-state index is 13.4. The molecular weight excluding hydrogens is 436 g/mol. The van der Waals surface area contributed by atoms with Crippen molar-refractivity contribution in [1.82, 2.24) is 14.5 Å². The van der Waals surface area contributed by atoms with E-state index in [-0.39, 0.29) is 11.2 Å². The predicted molar refractivity (Wildman–Crippen MR) is 130 cm³/mol. The lowest BCUT2D eigenvalue weighted by atomic mass is 10.1. The third-order valence-electron chi connectivity index (χ3n) is 5.56. The van der Waals surface area contributed by atoms with Crippen molar-refractivity contribution >= 4 is 38.3 Å². The zero-order valence-corrected chi connectivity index (χ0v) is 18.5. The smallest absolute Gasteiger partial charge is 0.269 e. The minimum atomic E-state index is -0.462. The van der Waals surface area contributed by atoms with Crippen molar-refractivity contribution in [1.29, 1.82) is 0 Å². The predicted octanol–water partition coefficient (Wildman–Crippen LogP) is 5.47. The van der Waals surface area contributed by atoms with Crippen LogP contribution in [0.25, 0.3) is 26.9 Å². The summed E-state index contributed by atoms with van der Waals surface area (Å²) in [6.45, 7) is 0. The number of para-hydroxylation sites is 1. The van der Waals surface area contributed by atoms with Crippen LogP contribution in [0.5, 0.6) is 0 Å². The molecule has 7 nitrogen and oxygen atoms in total. The van der Waals surface area contributed by atoms with Crippen molar-refractivity contribution in [2.45, 2.75) is 25.7 Å². The summed E-state index contributed by atoms with van der Waals surface area (Å²) >= 11 is 1.71. The molecule has 0 fully saturated rings. The van der Waals surface area contributed by atoms with Crippen LogP contribution in [0, 0.1) is 10.1 Å². The Hall–Kier alpha value is -3.91. The summed E-state index contributed by atoms with van der Waals surface area (Å²) < 4.78 is 2.67. The van der Waals surface area contributed by atoms with Gasteiger partial charge < -0.3 is 0 Å². The second-order valence-corrected chi connectivity index (χ2v) is 8.90. The van der Waals surface area contributed by atoms with Crippen LogP contribution in [0.3, 0.4) is 0 Å². The van der Waals surface area contributed by atoms with Crippen LogP contribution in [-0.2, 0) is 12.8 Å². The van der Waals surface area contributed by atoms with E-state index in [9.17, 15) is 14.9 Å². The number of thiazole rings is 1. The Labute approximate surface area is 193 Å². The van der Waals surface area contributed by atoms with Crippen molar-refractivity contribution in [3.63, 3.8) is 0 Å². The van der Waals surface area contributed by atoms with Gasteiger partial charge in [-0.2, -0.15) is 0 Å². The van der Waals surface area contributed by atoms with Gasteiger partial charge in [0.15, 0.2) is 0 Å². The molecule has 33 heavy (non-hydrogen) atoms. The van der Waals surface area contributed by atoms with Crippen LogP contribution in [0.2, 0.25) is 0 Å². The molecule has 0 saturated heterocycles. The van der Waals surface area contributed by atoms with Crippen molar-refractivity contribution < 1.29 is 4.92 Å². The van der Waals surface area contributed by atoms with E-state index in [1.807, 2.05) is 36.4 Å². The number of fused-ring (bicyclic) bond motifs is 2. The third-order valence-corrected chi connectivity index (χ3v) is 6.66. The SMILES string of the molecule is O=c1c(CCCCc2nc3ccccc3s2)cc2cccnc2n1-c1cccc([N+](=O)[O-])c1. The summed E-state index contributed by atoms with van der Waals surface area (Å²) in [7, 11) is 0. The van der Waals surface area contributed by atoms with Crippen LogP contribution in [0.15, 0.2) is 77.7 Å². The number of unbranched alkanes of at least 4 members (excludes halogenated alkanes) is 1. The highest BCUT2D eigenvalue weighted by Gasteiger charge is 2.14. The van der Waals surface area contributed by atoms with Gasteiger partial charge in [-0.3, -0.25) is 19.5 Å². The minimum absolute atomic E-state index is 0.0651. The molecule has 0 amide bonds. The third kappa shape index (κ3) is 4.25. The molecule has 5 aromatic rings. The first-order valence-corrected chi connectivity index (χ1v) is 11.5. The molecule has 0 spiro atoms. The summed E-state index contributed by atoms with van der Waals surface area (Å²) in [6.07, 6.45) is 4.86. The molecule has 164 valence electrons. The summed E-state index contributed by atoms with van der Waals surface area (Å²) in [5.74, 6) is 0. The highest BCUT2D eigenvalue weighted by atomic mass is 32.1. The maximum atomic E-state index is 13.4. The fraction of sp³-hybridized carbons (Fsp3) is 0.160. The zero-order chi connectivity index (χ0) is 22.8. The van der Waals surface area contributed by atoms with E-state index < -0.39 is 4.92 Å². The van der Waals surface area contributed by atoms with Crippen LogP contribution in [0.4, 0.5) is 5.69 Å². The number of benzene rings is 2. The Morgan fingerprint density at radius 2 is 1.82 bits per heavy atom. The fourth-order valence-corrected chi connectivity index (χ4v) is 4.99. The second-order valence-electron chi connectivity index (χ2n) is 7.79. The number of aryl methyl sites for hydroxylation is 2. The zero-order valence-electron chi connectivity index (χ0n) is 17.7. The van der Waals surface area contributed by atoms with Crippen molar-refractivity contribution in [3.8, 4) is 5.69 Å². The topological polar surface area (TPSA) is 90.9 Å². The fourth-order valence-electron chi connectivity index (χ4n) is 3.98. The highest BCUT2D eigenvalue weighted by Crippen LogP contribution is 2.24. The summed E-state index contributed by atoms with van der Waals surface area (Å²) in [4.78, 5) is 33.2. The van der Waals surface area contributed by atoms with E-state index in [0.29, 0.717) is 23.3 Å². The Morgan fingerprint density at radius 3 is 2.67 bits per heavy atom. The quantitative estimate of drug-likeness (QED) is 0.184. The average Bonchev–Trinajstić information content (AvgIpc) is 3.25. The molecule has 5 rings (SSSR count). The lowest BCUT2D eigenvalue weighted by Gasteiger charge is -2.12. The van der Waals surface area contributed by atoms with Gasteiger partial charge in [-0.1, -0.05) is 18.2 Å². The molecule has 0 N–H and O–H groups in total. The van der Waals surface area contributed by atoms with Crippen molar-refractivity contribution in [2.75, 3.05) is 0 Å². The van der Waals surface area contributed by atoms with Crippen LogP contribution >= 0.6 is 11.3 Å². The van der Waals surface area contributed by atoms with E-state index in [0.717, 1.165) is 35.2 Å². The van der Waals surface area contributed by atoms with Crippen molar-refractivity contribution in [3.05, 3.63) is 104 Å². The standard InChI is InChI=1S/C25H20N4O3S/c30-25-18(7-1-4-13-23-27-21-11-2-3-12-22(21)33-23)15-17-8-6-14-26-24(17)28(25)19-9-5-10-20(16-19)29(31)32/h2-3,5-6,8-12,14-16H,1,4,7,13H2. The number of aromatic nitrogens is 3. The average molecular weight is 457 g/mol. The summed E-state index contributed by atoms with van der Waals surface area (Å²) in [6, 6.07) is 19.8. The number of rotatable bonds is 7. The number of hydrogen-bond donors (Lipinski definition) is 0. The largest absolute Gasteiger partial charge is 0.271 e. The lowest BCUT2D eigenvalue weighted by Crippen LogP contribution is -2.23. The molecule has 3 aromatic heterocycles. The minimum Gasteiger partial charge on any atom is -0.269 e. The second kappa shape index (κ2) is 8.91. The van der Waals surface area contributed by atoms with Gasteiger partial charge in [0.1, 0.15) is 5.65 Å². The van der Waals surface area contributed by atoms with Gasteiger partial charge in [0.05, 0.1) is 25.8 Å². The first kappa shape index (κ1) is 21.0. The Morgan fingerprint density at radius 1 is 0.970 bits per heavy atom. The van der Waals surface area contributed by atoms with Crippen LogP contribution < -0.4 is 5.56 Å². The van der Waals surface area contributed by atoms with E-state index in [4.69, 9.17) is 0 Å².